The zero-order chi connectivity index (χ0) is 25.3. The highest BCUT2D eigenvalue weighted by Gasteiger charge is 2.34. The molecule has 7 unspecified atom stereocenters. The standard InChI is InChI=1S/C20H34N6O7/c1-5-9(2)14(21)18(30)24-13(6-12-7-22-8-23-12)17(29)25-15(10(3)27)19(31)26-16(11(4)28)20(32)33/h7-11,13-16,27-28H,5-6,21H2,1-4H3,(H,22,23)(H,24,30)(H,25,29)(H,26,31)(H,32,33). The second-order valence-corrected chi connectivity index (χ2v) is 8.05. The van der Waals surface area contributed by atoms with Gasteiger partial charge in [-0.25, -0.2) is 9.78 Å². The highest BCUT2D eigenvalue weighted by Crippen LogP contribution is 2.07. The van der Waals surface area contributed by atoms with Gasteiger partial charge in [0.1, 0.15) is 12.1 Å². The van der Waals surface area contributed by atoms with Crippen molar-refractivity contribution in [3.05, 3.63) is 18.2 Å². The first-order valence-corrected chi connectivity index (χ1v) is 10.6. The molecule has 0 aliphatic heterocycles. The fraction of sp³-hybridized carbons (Fsp3) is 0.650. The number of carbonyl (C=O) groups excluding carboxylic acids is 3. The van der Waals surface area contributed by atoms with Crippen LogP contribution in [0.25, 0.3) is 0 Å². The molecule has 0 bridgehead atoms. The van der Waals surface area contributed by atoms with Crippen LogP contribution >= 0.6 is 0 Å². The van der Waals surface area contributed by atoms with Gasteiger partial charge in [0, 0.05) is 18.3 Å². The van der Waals surface area contributed by atoms with E-state index in [0.29, 0.717) is 12.1 Å². The highest BCUT2D eigenvalue weighted by molar-refractivity contribution is 5.94. The fourth-order valence-corrected chi connectivity index (χ4v) is 2.90. The number of carbonyl (C=O) groups is 4. The number of H-pyrrole nitrogens is 1. The van der Waals surface area contributed by atoms with Crippen LogP contribution in [0.15, 0.2) is 12.5 Å². The van der Waals surface area contributed by atoms with E-state index >= 15 is 0 Å². The number of carboxylic acid groups (broad SMARTS) is 1. The van der Waals surface area contributed by atoms with Crippen molar-refractivity contribution in [2.75, 3.05) is 0 Å². The zero-order valence-electron chi connectivity index (χ0n) is 19.1. The molecule has 13 nitrogen and oxygen atoms in total. The van der Waals surface area contributed by atoms with E-state index in [9.17, 15) is 29.4 Å². The third kappa shape index (κ3) is 8.44. The summed E-state index contributed by atoms with van der Waals surface area (Å²) in [6.45, 7) is 6.06. The van der Waals surface area contributed by atoms with Gasteiger partial charge in [-0.1, -0.05) is 20.3 Å². The lowest BCUT2D eigenvalue weighted by Gasteiger charge is -2.27. The van der Waals surface area contributed by atoms with E-state index in [4.69, 9.17) is 10.8 Å². The molecule has 0 aliphatic rings. The number of hydrogen-bond donors (Lipinski definition) is 8. The predicted octanol–water partition coefficient (Wildman–Crippen LogP) is -2.37. The summed E-state index contributed by atoms with van der Waals surface area (Å²) < 4.78 is 0. The van der Waals surface area contributed by atoms with Gasteiger partial charge >= 0.3 is 5.97 Å². The molecule has 186 valence electrons. The molecule has 0 aliphatic carbocycles. The van der Waals surface area contributed by atoms with E-state index in [2.05, 4.69) is 25.9 Å². The highest BCUT2D eigenvalue weighted by atomic mass is 16.4. The van der Waals surface area contributed by atoms with Crippen LogP contribution in [0.3, 0.4) is 0 Å². The number of amides is 3. The zero-order valence-corrected chi connectivity index (χ0v) is 19.1. The summed E-state index contributed by atoms with van der Waals surface area (Å²) >= 11 is 0. The lowest BCUT2D eigenvalue weighted by atomic mass is 9.98. The van der Waals surface area contributed by atoms with Crippen molar-refractivity contribution in [1.29, 1.82) is 0 Å². The summed E-state index contributed by atoms with van der Waals surface area (Å²) in [6, 6.07) is -5.24. The van der Waals surface area contributed by atoms with Crippen molar-refractivity contribution >= 4 is 23.7 Å². The van der Waals surface area contributed by atoms with Gasteiger partial charge in [-0.05, 0) is 19.8 Å². The Bertz CT molecular complexity index is 799. The van der Waals surface area contributed by atoms with Gasteiger partial charge in [-0.15, -0.1) is 0 Å². The summed E-state index contributed by atoms with van der Waals surface area (Å²) in [5.41, 5.74) is 6.47. The summed E-state index contributed by atoms with van der Waals surface area (Å²) in [4.78, 5) is 56.0. The van der Waals surface area contributed by atoms with Crippen molar-refractivity contribution in [3.8, 4) is 0 Å². The van der Waals surface area contributed by atoms with E-state index in [-0.39, 0.29) is 12.3 Å². The third-order valence-corrected chi connectivity index (χ3v) is 5.28. The lowest BCUT2D eigenvalue weighted by Crippen LogP contribution is -2.61. The molecule has 7 atom stereocenters. The maximum atomic E-state index is 13.0. The summed E-state index contributed by atoms with van der Waals surface area (Å²) in [5.74, 6) is -4.03. The Morgan fingerprint density at radius 2 is 1.58 bits per heavy atom. The smallest absolute Gasteiger partial charge is 0.328 e. The van der Waals surface area contributed by atoms with Crippen molar-refractivity contribution in [2.24, 2.45) is 11.7 Å². The number of nitrogens with two attached hydrogens (primary N) is 1. The SMILES string of the molecule is CCC(C)C(N)C(=O)NC(Cc1cnc[nH]1)C(=O)NC(C(=O)NC(C(=O)O)C(C)O)C(C)O. The van der Waals surface area contributed by atoms with Gasteiger partial charge in [0.25, 0.3) is 0 Å². The summed E-state index contributed by atoms with van der Waals surface area (Å²) in [6.07, 6.45) is 0.648. The molecule has 0 radical (unpaired) electrons. The van der Waals surface area contributed by atoms with Gasteiger partial charge in [-0.2, -0.15) is 0 Å². The quantitative estimate of drug-likeness (QED) is 0.154. The van der Waals surface area contributed by atoms with Gasteiger partial charge in [0.05, 0.1) is 24.6 Å². The number of aliphatic hydroxyl groups is 2. The number of nitrogens with zero attached hydrogens (tertiary/aromatic N) is 1. The van der Waals surface area contributed by atoms with Crippen molar-refractivity contribution in [2.45, 2.75) is 76.9 Å². The van der Waals surface area contributed by atoms with Gasteiger partial charge in [0.15, 0.2) is 6.04 Å². The van der Waals surface area contributed by atoms with Crippen LogP contribution in [-0.4, -0.2) is 85.4 Å². The van der Waals surface area contributed by atoms with Crippen LogP contribution in [0, 0.1) is 5.92 Å². The second-order valence-electron chi connectivity index (χ2n) is 8.05. The van der Waals surface area contributed by atoms with E-state index in [1.165, 1.54) is 26.4 Å². The topological polar surface area (TPSA) is 220 Å². The molecule has 1 heterocycles. The summed E-state index contributed by atoms with van der Waals surface area (Å²) in [5, 5.41) is 35.7. The Morgan fingerprint density at radius 3 is 2.03 bits per heavy atom. The van der Waals surface area contributed by atoms with Crippen LogP contribution < -0.4 is 21.7 Å². The predicted molar refractivity (Wildman–Crippen MR) is 117 cm³/mol. The van der Waals surface area contributed by atoms with E-state index < -0.39 is 60.1 Å². The Morgan fingerprint density at radius 1 is 1.00 bits per heavy atom. The third-order valence-electron chi connectivity index (χ3n) is 5.28. The normalized spacial score (nSPS) is 17.5. The molecular weight excluding hydrogens is 436 g/mol. The number of carboxylic acids is 1. The Labute approximate surface area is 191 Å². The maximum absolute atomic E-state index is 13.0. The molecule has 1 aromatic rings. The molecule has 0 saturated carbocycles. The first-order chi connectivity index (χ1) is 15.4. The van der Waals surface area contributed by atoms with E-state index in [1.54, 1.807) is 6.92 Å². The van der Waals surface area contributed by atoms with Crippen molar-refractivity contribution in [3.63, 3.8) is 0 Å². The van der Waals surface area contributed by atoms with E-state index in [1.807, 2.05) is 6.92 Å². The molecule has 3 amide bonds. The van der Waals surface area contributed by atoms with Gasteiger partial charge < -0.3 is 42.0 Å². The fourth-order valence-electron chi connectivity index (χ4n) is 2.90. The molecule has 0 fully saturated rings. The number of nitrogens with one attached hydrogen (secondary N) is 4. The summed E-state index contributed by atoms with van der Waals surface area (Å²) in [7, 11) is 0. The van der Waals surface area contributed by atoms with Gasteiger partial charge in [-0.3, -0.25) is 14.4 Å². The Balaban J connectivity index is 3.04. The number of hydrogen-bond acceptors (Lipinski definition) is 8. The molecule has 1 aromatic heterocycles. The molecule has 0 spiro atoms. The molecule has 0 saturated heterocycles. The molecule has 33 heavy (non-hydrogen) atoms. The number of rotatable bonds is 13. The molecular formula is C20H34N6O7. The minimum atomic E-state index is -1.65. The lowest BCUT2D eigenvalue weighted by molar-refractivity contribution is -0.146. The molecule has 13 heteroatoms. The van der Waals surface area contributed by atoms with Gasteiger partial charge in [0.2, 0.25) is 17.7 Å². The first kappa shape index (κ1) is 28.0. The minimum Gasteiger partial charge on any atom is -0.480 e. The van der Waals surface area contributed by atoms with Crippen molar-refractivity contribution in [1.82, 2.24) is 25.9 Å². The molecule has 9 N–H and O–H groups in total. The molecule has 1 rings (SSSR count). The van der Waals surface area contributed by atoms with Crippen LogP contribution in [-0.2, 0) is 25.6 Å². The first-order valence-electron chi connectivity index (χ1n) is 10.6. The average Bonchev–Trinajstić information content (AvgIpc) is 3.26. The van der Waals surface area contributed by atoms with Crippen molar-refractivity contribution < 1.29 is 34.5 Å². The van der Waals surface area contributed by atoms with Crippen LogP contribution in [0.2, 0.25) is 0 Å². The number of imidazole rings is 1. The van der Waals surface area contributed by atoms with Crippen LogP contribution in [0.5, 0.6) is 0 Å². The van der Waals surface area contributed by atoms with Crippen LogP contribution in [0.4, 0.5) is 0 Å². The average molecular weight is 471 g/mol. The van der Waals surface area contributed by atoms with E-state index in [0.717, 1.165) is 0 Å². The largest absolute Gasteiger partial charge is 0.480 e. The molecule has 0 aromatic carbocycles. The maximum Gasteiger partial charge on any atom is 0.328 e. The Kier molecular flexibility index (Phi) is 10.9. The minimum absolute atomic E-state index is 0.00955. The monoisotopic (exact) mass is 470 g/mol. The number of aliphatic carboxylic acids is 1. The van der Waals surface area contributed by atoms with Crippen LogP contribution in [0.1, 0.15) is 39.8 Å². The number of aromatic nitrogens is 2. The number of aliphatic hydroxyl groups excluding tert-OH is 2. The second kappa shape index (κ2) is 12.9. The Hall–Kier alpha value is -3.03. The number of aromatic amines is 1.